The molecule has 2 aromatic carbocycles. The Morgan fingerprint density at radius 3 is 2.80 bits per heavy atom. The molecule has 25 heavy (non-hydrogen) atoms. The molecular formula is C19H19ClN4O. The molecular weight excluding hydrogens is 336 g/mol. The zero-order valence-corrected chi connectivity index (χ0v) is 15.1. The lowest BCUT2D eigenvalue weighted by Gasteiger charge is -2.13. The van der Waals surface area contributed by atoms with Crippen LogP contribution in [0.2, 0.25) is 5.02 Å². The fourth-order valence-corrected chi connectivity index (χ4v) is 3.29. The van der Waals surface area contributed by atoms with Crippen molar-refractivity contribution in [2.24, 2.45) is 0 Å². The summed E-state index contributed by atoms with van der Waals surface area (Å²) >= 11 is 6.33. The molecule has 3 aromatic rings. The van der Waals surface area contributed by atoms with Gasteiger partial charge in [-0.05, 0) is 30.7 Å². The van der Waals surface area contributed by atoms with Crippen molar-refractivity contribution in [1.82, 2.24) is 14.8 Å². The summed E-state index contributed by atoms with van der Waals surface area (Å²) in [6, 6.07) is 12.0. The van der Waals surface area contributed by atoms with Crippen molar-refractivity contribution in [1.29, 1.82) is 0 Å². The normalized spacial score (nSPS) is 15.8. The van der Waals surface area contributed by atoms with Crippen molar-refractivity contribution in [3.8, 4) is 22.8 Å². The Morgan fingerprint density at radius 1 is 1.20 bits per heavy atom. The van der Waals surface area contributed by atoms with Gasteiger partial charge in [0.2, 0.25) is 0 Å². The third-order valence-electron chi connectivity index (χ3n) is 4.60. The van der Waals surface area contributed by atoms with Crippen LogP contribution >= 0.6 is 11.6 Å². The average molecular weight is 355 g/mol. The van der Waals surface area contributed by atoms with Crippen molar-refractivity contribution in [3.63, 3.8) is 0 Å². The molecule has 4 rings (SSSR count). The molecule has 6 heteroatoms. The number of hydrogen-bond donors (Lipinski definition) is 1. The second-order valence-electron chi connectivity index (χ2n) is 6.35. The monoisotopic (exact) mass is 354 g/mol. The van der Waals surface area contributed by atoms with Crippen LogP contribution in [0.4, 0.5) is 5.69 Å². The number of ether oxygens (including phenoxy) is 1. The highest BCUT2D eigenvalue weighted by Crippen LogP contribution is 2.36. The molecule has 0 spiro atoms. The van der Waals surface area contributed by atoms with Crippen LogP contribution in [0, 0.1) is 6.92 Å². The standard InChI is InChI=1S/C19H19ClN4O/c1-11-4-5-13(8-15(11)20)19-23-22-18-12(2)10-21-16-9-14(25-3)6-7-17(16)24(18)19/h4-9,12,21H,10H2,1-3H3/t12-/m0/s1. The second-order valence-corrected chi connectivity index (χ2v) is 6.75. The predicted molar refractivity (Wildman–Crippen MR) is 100.0 cm³/mol. The summed E-state index contributed by atoms with van der Waals surface area (Å²) in [7, 11) is 1.67. The van der Waals surface area contributed by atoms with Gasteiger partial charge >= 0.3 is 0 Å². The van der Waals surface area contributed by atoms with E-state index in [1.54, 1.807) is 7.11 Å². The first-order chi connectivity index (χ1) is 12.1. The maximum absolute atomic E-state index is 6.33. The molecule has 5 nitrogen and oxygen atoms in total. The van der Waals surface area contributed by atoms with Gasteiger partial charge in [0.25, 0.3) is 0 Å². The van der Waals surface area contributed by atoms with Crippen molar-refractivity contribution >= 4 is 17.3 Å². The Morgan fingerprint density at radius 2 is 2.04 bits per heavy atom. The number of fused-ring (bicyclic) bond motifs is 3. The quantitative estimate of drug-likeness (QED) is 0.739. The summed E-state index contributed by atoms with van der Waals surface area (Å²) in [6.07, 6.45) is 0. The minimum Gasteiger partial charge on any atom is -0.497 e. The molecule has 1 atom stereocenters. The van der Waals surface area contributed by atoms with Gasteiger partial charge in [-0.25, -0.2) is 0 Å². The molecule has 0 radical (unpaired) electrons. The molecule has 0 aliphatic carbocycles. The molecule has 0 bridgehead atoms. The minimum atomic E-state index is 0.223. The Balaban J connectivity index is 1.95. The van der Waals surface area contributed by atoms with E-state index < -0.39 is 0 Å². The van der Waals surface area contributed by atoms with E-state index in [9.17, 15) is 0 Å². The van der Waals surface area contributed by atoms with Gasteiger partial charge in [0.15, 0.2) is 5.82 Å². The van der Waals surface area contributed by atoms with E-state index in [1.165, 1.54) is 0 Å². The summed E-state index contributed by atoms with van der Waals surface area (Å²) in [4.78, 5) is 0. The Bertz CT molecular complexity index is 951. The lowest BCUT2D eigenvalue weighted by Crippen LogP contribution is -2.09. The van der Waals surface area contributed by atoms with Crippen molar-refractivity contribution in [2.75, 3.05) is 19.0 Å². The van der Waals surface area contributed by atoms with Crippen LogP contribution in [0.3, 0.4) is 0 Å². The van der Waals surface area contributed by atoms with E-state index in [-0.39, 0.29) is 5.92 Å². The summed E-state index contributed by atoms with van der Waals surface area (Å²) < 4.78 is 7.47. The molecule has 2 heterocycles. The minimum absolute atomic E-state index is 0.223. The lowest BCUT2D eigenvalue weighted by molar-refractivity contribution is 0.415. The topological polar surface area (TPSA) is 52.0 Å². The number of nitrogens with zero attached hydrogens (tertiary/aromatic N) is 3. The number of benzene rings is 2. The van der Waals surface area contributed by atoms with E-state index in [2.05, 4.69) is 27.0 Å². The van der Waals surface area contributed by atoms with Gasteiger partial charge in [0, 0.05) is 29.1 Å². The number of hydrogen-bond acceptors (Lipinski definition) is 4. The van der Waals surface area contributed by atoms with E-state index in [1.807, 2.05) is 43.3 Å². The maximum atomic E-state index is 6.33. The molecule has 128 valence electrons. The highest BCUT2D eigenvalue weighted by atomic mass is 35.5. The first kappa shape index (κ1) is 16.0. The summed E-state index contributed by atoms with van der Waals surface area (Å²) in [5.41, 5.74) is 4.01. The fourth-order valence-electron chi connectivity index (χ4n) is 3.10. The van der Waals surface area contributed by atoms with E-state index in [0.29, 0.717) is 0 Å². The SMILES string of the molecule is COc1ccc2c(c1)NC[C@H](C)c1nnc(-c3ccc(C)c(Cl)c3)n1-2. The Labute approximate surface area is 151 Å². The van der Waals surface area contributed by atoms with Crippen LogP contribution in [0.1, 0.15) is 24.2 Å². The molecule has 0 saturated carbocycles. The third-order valence-corrected chi connectivity index (χ3v) is 5.01. The summed E-state index contributed by atoms with van der Waals surface area (Å²) in [5, 5.41) is 13.1. The molecule has 0 unspecified atom stereocenters. The van der Waals surface area contributed by atoms with Gasteiger partial charge in [0.05, 0.1) is 18.5 Å². The molecule has 0 fully saturated rings. The predicted octanol–water partition coefficient (Wildman–Crippen LogP) is 4.43. The van der Waals surface area contributed by atoms with Crippen LogP contribution in [-0.2, 0) is 0 Å². The van der Waals surface area contributed by atoms with E-state index in [4.69, 9.17) is 16.3 Å². The molecule has 0 amide bonds. The van der Waals surface area contributed by atoms with Gasteiger partial charge in [-0.15, -0.1) is 10.2 Å². The van der Waals surface area contributed by atoms with Gasteiger partial charge in [-0.3, -0.25) is 4.57 Å². The van der Waals surface area contributed by atoms with E-state index in [0.717, 1.165) is 51.5 Å². The van der Waals surface area contributed by atoms with Crippen molar-refractivity contribution in [2.45, 2.75) is 19.8 Å². The van der Waals surface area contributed by atoms with Gasteiger partial charge in [0.1, 0.15) is 11.6 Å². The largest absolute Gasteiger partial charge is 0.497 e. The zero-order valence-electron chi connectivity index (χ0n) is 14.4. The highest BCUT2D eigenvalue weighted by molar-refractivity contribution is 6.31. The number of nitrogens with one attached hydrogen (secondary N) is 1. The van der Waals surface area contributed by atoms with Crippen LogP contribution in [-0.4, -0.2) is 28.4 Å². The Kier molecular flexibility index (Phi) is 3.88. The smallest absolute Gasteiger partial charge is 0.168 e. The first-order valence-corrected chi connectivity index (χ1v) is 8.60. The number of rotatable bonds is 2. The van der Waals surface area contributed by atoms with Crippen molar-refractivity contribution in [3.05, 3.63) is 52.8 Å². The zero-order chi connectivity index (χ0) is 17.6. The fraction of sp³-hybridized carbons (Fsp3) is 0.263. The molecule has 1 aliphatic rings. The van der Waals surface area contributed by atoms with Crippen LogP contribution in [0.5, 0.6) is 5.75 Å². The molecule has 1 aliphatic heterocycles. The number of methoxy groups -OCH3 is 1. The number of aromatic nitrogens is 3. The lowest BCUT2D eigenvalue weighted by atomic mass is 10.1. The number of anilines is 1. The molecule has 0 saturated heterocycles. The number of aryl methyl sites for hydroxylation is 1. The second kappa shape index (κ2) is 6.08. The maximum Gasteiger partial charge on any atom is 0.168 e. The van der Waals surface area contributed by atoms with Crippen molar-refractivity contribution < 1.29 is 4.74 Å². The Hall–Kier alpha value is -2.53. The van der Waals surface area contributed by atoms with Crippen LogP contribution in [0.25, 0.3) is 17.1 Å². The average Bonchev–Trinajstić information content (AvgIpc) is 3.01. The third kappa shape index (κ3) is 2.65. The van der Waals surface area contributed by atoms with Gasteiger partial charge < -0.3 is 10.1 Å². The van der Waals surface area contributed by atoms with E-state index >= 15 is 0 Å². The van der Waals surface area contributed by atoms with Gasteiger partial charge in [-0.2, -0.15) is 0 Å². The van der Waals surface area contributed by atoms with Crippen LogP contribution in [0.15, 0.2) is 36.4 Å². The number of halogens is 1. The highest BCUT2D eigenvalue weighted by Gasteiger charge is 2.25. The first-order valence-electron chi connectivity index (χ1n) is 8.22. The molecule has 1 N–H and O–H groups in total. The van der Waals surface area contributed by atoms with Crippen LogP contribution < -0.4 is 10.1 Å². The van der Waals surface area contributed by atoms with Gasteiger partial charge in [-0.1, -0.05) is 30.7 Å². The molecule has 1 aromatic heterocycles. The summed E-state index contributed by atoms with van der Waals surface area (Å²) in [5.74, 6) is 2.76. The summed E-state index contributed by atoms with van der Waals surface area (Å²) in [6.45, 7) is 4.92.